The van der Waals surface area contributed by atoms with Gasteiger partial charge in [-0.05, 0) is 102 Å². The van der Waals surface area contributed by atoms with Gasteiger partial charge in [-0.2, -0.15) is 0 Å². The maximum absolute atomic E-state index is 13.4. The molecule has 17 heteroatoms. The van der Waals surface area contributed by atoms with Crippen molar-refractivity contribution in [1.29, 1.82) is 0 Å². The Hall–Kier alpha value is -4.68. The van der Waals surface area contributed by atoms with E-state index in [4.69, 9.17) is 35.7 Å². The van der Waals surface area contributed by atoms with Crippen molar-refractivity contribution >= 4 is 51.7 Å². The van der Waals surface area contributed by atoms with Gasteiger partial charge in [0.15, 0.2) is 5.78 Å². The Morgan fingerprint density at radius 2 is 1.40 bits per heavy atom. The first-order valence-corrected chi connectivity index (χ1v) is 22.6. The summed E-state index contributed by atoms with van der Waals surface area (Å²) in [5.41, 5.74) is 4.62. The van der Waals surface area contributed by atoms with Crippen molar-refractivity contribution < 1.29 is 74.0 Å². The Labute approximate surface area is 390 Å². The number of ether oxygens (including phenoxy) is 2. The SMILES string of the molecule is CC(=O)O.CC(C)(C)OC(N)=O.CC1=C2C(O)C(=O)C3(C)C(O)CC4OCC4C3CC(O)(CC1)C2(C)C.O=C(O)CCCCBr.O=C(O)CCc1ccccc1.O=C(O)c1ccccc1. The number of aliphatic carboxylic acids is 3. The number of carboxylic acids is 4. The summed E-state index contributed by atoms with van der Waals surface area (Å²) in [6.45, 7) is 14.6. The van der Waals surface area contributed by atoms with Gasteiger partial charge in [0, 0.05) is 42.8 Å². The molecule has 4 aliphatic rings. The summed E-state index contributed by atoms with van der Waals surface area (Å²) >= 11 is 3.21. The van der Waals surface area contributed by atoms with Crippen LogP contribution in [0, 0.1) is 22.7 Å². The van der Waals surface area contributed by atoms with Gasteiger partial charge in [0.05, 0.1) is 35.4 Å². The van der Waals surface area contributed by atoms with Crippen LogP contribution in [0.5, 0.6) is 0 Å². The molecule has 0 aromatic heterocycles. The van der Waals surface area contributed by atoms with Crippen LogP contribution in [-0.2, 0) is 35.1 Å². The number of Topliss-reactive ketones (excluding diaryl/α,β-unsaturated/α-hetero) is 1. The third-order valence-electron chi connectivity index (χ3n) is 11.9. The van der Waals surface area contributed by atoms with Crippen LogP contribution < -0.4 is 5.73 Å². The van der Waals surface area contributed by atoms with Crippen LogP contribution in [0.15, 0.2) is 71.8 Å². The number of nitrogens with two attached hydrogens (primary N) is 1. The van der Waals surface area contributed by atoms with Crippen molar-refractivity contribution in [3.8, 4) is 0 Å². The number of allylic oxidation sites excluding steroid dienone is 1. The number of rotatable bonds is 8. The Kier molecular flexibility index (Phi) is 23.7. The minimum absolute atomic E-state index is 0.0375. The molecule has 1 heterocycles. The van der Waals surface area contributed by atoms with Gasteiger partial charge >= 0.3 is 24.0 Å². The molecule has 364 valence electrons. The number of aryl methyl sites for hydroxylation is 1. The highest BCUT2D eigenvalue weighted by Gasteiger charge is 2.66. The number of alkyl halides is 1. The Balaban J connectivity index is 0.000000442. The number of unbranched alkanes of at least 4 members (excludes halogenated alkanes) is 1. The number of hydrogen-bond acceptors (Lipinski definition) is 11. The number of halogens is 1. The highest BCUT2D eigenvalue weighted by Crippen LogP contribution is 2.61. The number of carboxylic acid groups (broad SMARTS) is 4. The molecule has 3 aliphatic carbocycles. The zero-order chi connectivity index (χ0) is 49.9. The van der Waals surface area contributed by atoms with Crippen LogP contribution in [0.4, 0.5) is 4.79 Å². The second kappa shape index (κ2) is 26.5. The van der Waals surface area contributed by atoms with Gasteiger partial charge in [0.25, 0.3) is 5.97 Å². The van der Waals surface area contributed by atoms with Crippen molar-refractivity contribution in [1.82, 2.24) is 0 Å². The number of primary amides is 1. The molecule has 1 amide bonds. The molecule has 6 rings (SSSR count). The van der Waals surface area contributed by atoms with Crippen molar-refractivity contribution in [2.45, 2.75) is 143 Å². The number of fused-ring (bicyclic) bond motifs is 5. The molecule has 9 N–H and O–H groups in total. The second-order valence-electron chi connectivity index (χ2n) is 18.1. The molecular weight excluding hydrogens is 910 g/mol. The van der Waals surface area contributed by atoms with Crippen molar-refractivity contribution in [2.24, 2.45) is 28.4 Å². The lowest BCUT2D eigenvalue weighted by atomic mass is 9.47. The summed E-state index contributed by atoms with van der Waals surface area (Å²) in [6, 6.07) is 17.9. The average molecular weight is 981 g/mol. The van der Waals surface area contributed by atoms with Gasteiger partial charge in [0.2, 0.25) is 0 Å². The van der Waals surface area contributed by atoms with E-state index in [9.17, 15) is 39.3 Å². The summed E-state index contributed by atoms with van der Waals surface area (Å²) in [7, 11) is 0. The number of carbonyl (C=O) groups is 6. The number of carbonyl (C=O) groups excluding carboxylic acids is 2. The number of aliphatic hydroxyl groups excluding tert-OH is 2. The quantitative estimate of drug-likeness (QED) is 0.0732. The van der Waals surface area contributed by atoms with E-state index in [1.54, 1.807) is 58.0 Å². The van der Waals surface area contributed by atoms with Gasteiger partial charge in [-0.25, -0.2) is 9.59 Å². The first kappa shape index (κ1) is 58.3. The van der Waals surface area contributed by atoms with Gasteiger partial charge in [0.1, 0.15) is 11.7 Å². The van der Waals surface area contributed by atoms with Crippen LogP contribution in [0.2, 0.25) is 0 Å². The van der Waals surface area contributed by atoms with E-state index in [2.05, 4.69) is 20.7 Å². The van der Waals surface area contributed by atoms with Crippen LogP contribution in [0.3, 0.4) is 0 Å². The van der Waals surface area contributed by atoms with E-state index >= 15 is 0 Å². The zero-order valence-corrected chi connectivity index (χ0v) is 40.4. The fourth-order valence-electron chi connectivity index (χ4n) is 8.33. The lowest BCUT2D eigenvalue weighted by molar-refractivity contribution is -0.241. The first-order valence-electron chi connectivity index (χ1n) is 21.5. The molecule has 2 saturated carbocycles. The number of benzene rings is 2. The molecule has 2 aromatic rings. The lowest BCUT2D eigenvalue weighted by Gasteiger charge is -2.61. The van der Waals surface area contributed by atoms with Crippen molar-refractivity contribution in [3.63, 3.8) is 0 Å². The lowest BCUT2D eigenvalue weighted by Crippen LogP contribution is -2.68. The number of ketones is 1. The molecule has 3 fully saturated rings. The second-order valence-corrected chi connectivity index (χ2v) is 18.9. The Bertz CT molecular complexity index is 1890. The summed E-state index contributed by atoms with van der Waals surface area (Å²) < 4.78 is 10.2. The molecule has 7 unspecified atom stereocenters. The summed E-state index contributed by atoms with van der Waals surface area (Å²) in [5, 5.41) is 66.7. The van der Waals surface area contributed by atoms with Gasteiger partial charge in [-0.3, -0.25) is 19.2 Å². The molecule has 1 aliphatic heterocycles. The number of aliphatic hydroxyl groups is 3. The maximum atomic E-state index is 13.4. The van der Waals surface area contributed by atoms with E-state index in [-0.39, 0.29) is 30.1 Å². The summed E-state index contributed by atoms with van der Waals surface area (Å²) in [5.74, 6) is -3.46. The minimum atomic E-state index is -1.26. The molecule has 65 heavy (non-hydrogen) atoms. The van der Waals surface area contributed by atoms with Crippen molar-refractivity contribution in [3.05, 3.63) is 82.9 Å². The van der Waals surface area contributed by atoms with E-state index < -0.39 is 64.2 Å². The number of amides is 1. The largest absolute Gasteiger partial charge is 0.481 e. The Morgan fingerprint density at radius 3 is 1.80 bits per heavy atom. The Morgan fingerprint density at radius 1 is 0.877 bits per heavy atom. The molecule has 7 atom stereocenters. The average Bonchev–Trinajstić information content (AvgIpc) is 3.19. The maximum Gasteiger partial charge on any atom is 0.405 e. The van der Waals surface area contributed by atoms with E-state index in [0.29, 0.717) is 56.3 Å². The van der Waals surface area contributed by atoms with Crippen LogP contribution in [0.1, 0.15) is 123 Å². The monoisotopic (exact) mass is 979 g/mol. The third kappa shape index (κ3) is 18.3. The normalized spacial score (nSPS) is 25.6. The fraction of sp³-hybridized carbons (Fsp3) is 0.583. The third-order valence-corrected chi connectivity index (χ3v) is 12.5. The smallest absolute Gasteiger partial charge is 0.405 e. The van der Waals surface area contributed by atoms with Crippen LogP contribution in [-0.4, -0.2) is 113 Å². The molecule has 0 spiro atoms. The summed E-state index contributed by atoms with van der Waals surface area (Å²) in [4.78, 5) is 62.7. The standard InChI is InChI=1S/C20H30O5.C9H10O2.C7H6O2.C5H9BrO2.C5H11NO2.C2H4O2/c1-10-5-6-20(24)8-12-11-9-25-13(11)7-14(21)19(12,4)17(23)16(22)15(10)18(20,2)3;10-9(11)7-6-8-4-2-1-3-5-8;8-7(9)6-4-2-1-3-5-6;6-4-2-1-3-5(7)8;1-5(2,3)8-4(6)7;1-2(3)4/h11-14,16,21-22,24H,5-9H2,1-4H3;1-5H,6-7H2,(H,10,11);1-5H,(H,8,9);1-4H2,(H,7,8);1-3H3,(H2,6,7);1H3,(H,3,4). The molecule has 0 radical (unpaired) electrons. The van der Waals surface area contributed by atoms with E-state index in [1.807, 2.05) is 51.1 Å². The minimum Gasteiger partial charge on any atom is -0.481 e. The fourth-order valence-corrected chi connectivity index (χ4v) is 8.72. The molecular formula is C48H70BrNO15. The van der Waals surface area contributed by atoms with E-state index in [1.165, 1.54) is 0 Å². The highest BCUT2D eigenvalue weighted by atomic mass is 79.9. The molecule has 2 aromatic carbocycles. The molecule has 1 saturated heterocycles. The van der Waals surface area contributed by atoms with E-state index in [0.717, 1.165) is 36.2 Å². The van der Waals surface area contributed by atoms with Crippen molar-refractivity contribution in [2.75, 3.05) is 11.9 Å². The topological polar surface area (TPSA) is 289 Å². The van der Waals surface area contributed by atoms with Gasteiger partial charge in [-0.15, -0.1) is 0 Å². The van der Waals surface area contributed by atoms with Crippen LogP contribution in [0.25, 0.3) is 0 Å². The van der Waals surface area contributed by atoms with Gasteiger partial charge < -0.3 is 51.0 Å². The number of hydrogen-bond donors (Lipinski definition) is 8. The predicted molar refractivity (Wildman–Crippen MR) is 247 cm³/mol. The van der Waals surface area contributed by atoms with Crippen LogP contribution >= 0.6 is 15.9 Å². The molecule has 16 nitrogen and oxygen atoms in total. The van der Waals surface area contributed by atoms with Gasteiger partial charge in [-0.1, -0.05) is 83.9 Å². The zero-order valence-electron chi connectivity index (χ0n) is 38.8. The first-order chi connectivity index (χ1) is 30.0. The highest BCUT2D eigenvalue weighted by molar-refractivity contribution is 9.09. The predicted octanol–water partition coefficient (Wildman–Crippen LogP) is 7.29. The molecule has 2 bridgehead atoms. The number of aromatic carboxylic acids is 1. The summed E-state index contributed by atoms with van der Waals surface area (Å²) in [6.07, 6.45) is 2.19.